The van der Waals surface area contributed by atoms with Gasteiger partial charge in [-0.15, -0.1) is 0 Å². The molecule has 0 spiro atoms. The first kappa shape index (κ1) is 19.8. The Morgan fingerprint density at radius 3 is 2.57 bits per heavy atom. The molecule has 0 fully saturated rings. The summed E-state index contributed by atoms with van der Waals surface area (Å²) in [5.41, 5.74) is 0.518. The highest BCUT2D eigenvalue weighted by atomic mass is 32.2. The van der Waals surface area contributed by atoms with Crippen molar-refractivity contribution >= 4 is 27.9 Å². The van der Waals surface area contributed by atoms with E-state index in [1.54, 1.807) is 31.2 Å². The first-order chi connectivity index (χ1) is 13.5. The Balaban J connectivity index is 1.75. The fraction of sp³-hybridized carbons (Fsp3) is 0.263. The lowest BCUT2D eigenvalue weighted by Crippen LogP contribution is -2.38. The van der Waals surface area contributed by atoms with Crippen molar-refractivity contribution in [1.29, 1.82) is 0 Å². The van der Waals surface area contributed by atoms with Gasteiger partial charge in [-0.05, 0) is 18.2 Å². The molecule has 2 aromatic rings. The van der Waals surface area contributed by atoms with Gasteiger partial charge in [-0.2, -0.15) is 4.31 Å². The summed E-state index contributed by atoms with van der Waals surface area (Å²) in [4.78, 5) is 23.5. The van der Waals surface area contributed by atoms with Crippen molar-refractivity contribution in [2.75, 3.05) is 31.6 Å². The van der Waals surface area contributed by atoms with Crippen LogP contribution in [-0.4, -0.2) is 51.2 Å². The highest BCUT2D eigenvalue weighted by Gasteiger charge is 2.27. The second kappa shape index (κ2) is 8.41. The maximum absolute atomic E-state index is 12.9. The summed E-state index contributed by atoms with van der Waals surface area (Å²) in [6.07, 6.45) is 0.482. The number of hydrogen-bond donors (Lipinski definition) is 1. The number of aldehydes is 1. The van der Waals surface area contributed by atoms with Crippen LogP contribution in [0.2, 0.25) is 0 Å². The quantitative estimate of drug-likeness (QED) is 0.708. The van der Waals surface area contributed by atoms with E-state index in [1.165, 1.54) is 18.2 Å². The number of nitrogens with zero attached hydrogens (tertiary/aromatic N) is 1. The zero-order valence-corrected chi connectivity index (χ0v) is 16.1. The molecule has 0 saturated heterocycles. The number of anilines is 1. The highest BCUT2D eigenvalue weighted by molar-refractivity contribution is 7.89. The molecule has 0 saturated carbocycles. The third-order valence-electron chi connectivity index (χ3n) is 4.16. The van der Waals surface area contributed by atoms with Crippen molar-refractivity contribution in [2.45, 2.75) is 11.8 Å². The Labute approximate surface area is 163 Å². The molecule has 0 unspecified atom stereocenters. The van der Waals surface area contributed by atoms with Crippen LogP contribution >= 0.6 is 0 Å². The summed E-state index contributed by atoms with van der Waals surface area (Å²) >= 11 is 0. The number of carbonyl (C=O) groups excluding carboxylic acids is 2. The van der Waals surface area contributed by atoms with Crippen molar-refractivity contribution in [3.05, 3.63) is 48.0 Å². The number of sulfonamides is 1. The molecule has 1 N–H and O–H groups in total. The van der Waals surface area contributed by atoms with Crippen LogP contribution in [0.25, 0.3) is 0 Å². The number of benzene rings is 2. The van der Waals surface area contributed by atoms with Crippen LogP contribution in [0.15, 0.2) is 47.4 Å². The van der Waals surface area contributed by atoms with Gasteiger partial charge in [0.1, 0.15) is 13.2 Å². The molecule has 0 aromatic heterocycles. The van der Waals surface area contributed by atoms with Gasteiger partial charge in [0.2, 0.25) is 15.9 Å². The van der Waals surface area contributed by atoms with Gasteiger partial charge in [-0.25, -0.2) is 8.42 Å². The monoisotopic (exact) mass is 404 g/mol. The van der Waals surface area contributed by atoms with Gasteiger partial charge in [0.25, 0.3) is 0 Å². The minimum absolute atomic E-state index is 0.0493. The van der Waals surface area contributed by atoms with E-state index in [0.29, 0.717) is 36.7 Å². The van der Waals surface area contributed by atoms with Crippen LogP contribution in [0.4, 0.5) is 5.69 Å². The molecule has 1 aliphatic rings. The summed E-state index contributed by atoms with van der Waals surface area (Å²) in [6, 6.07) is 10.8. The summed E-state index contributed by atoms with van der Waals surface area (Å²) in [6.45, 7) is 2.19. The summed E-state index contributed by atoms with van der Waals surface area (Å²) < 4.78 is 37.7. The van der Waals surface area contributed by atoms with Crippen LogP contribution < -0.4 is 14.8 Å². The molecule has 1 heterocycles. The van der Waals surface area contributed by atoms with Crippen molar-refractivity contribution in [3.63, 3.8) is 0 Å². The first-order valence-electron chi connectivity index (χ1n) is 8.69. The second-order valence-electron chi connectivity index (χ2n) is 5.99. The summed E-state index contributed by atoms with van der Waals surface area (Å²) in [7, 11) is -4.00. The van der Waals surface area contributed by atoms with Gasteiger partial charge < -0.3 is 14.8 Å². The predicted octanol–water partition coefficient (Wildman–Crippen LogP) is 1.92. The third kappa shape index (κ3) is 4.15. The number of hydrogen-bond acceptors (Lipinski definition) is 6. The van der Waals surface area contributed by atoms with E-state index in [-0.39, 0.29) is 23.5 Å². The van der Waals surface area contributed by atoms with Crippen molar-refractivity contribution in [2.24, 2.45) is 0 Å². The maximum atomic E-state index is 12.9. The molecule has 8 nitrogen and oxygen atoms in total. The van der Waals surface area contributed by atoms with Crippen LogP contribution in [0, 0.1) is 0 Å². The lowest BCUT2D eigenvalue weighted by atomic mass is 10.2. The summed E-state index contributed by atoms with van der Waals surface area (Å²) in [5, 5.41) is 2.66. The molecular weight excluding hydrogens is 384 g/mol. The van der Waals surface area contributed by atoms with Crippen molar-refractivity contribution in [3.8, 4) is 11.5 Å². The Morgan fingerprint density at radius 2 is 1.86 bits per heavy atom. The van der Waals surface area contributed by atoms with Crippen molar-refractivity contribution < 1.29 is 27.5 Å². The van der Waals surface area contributed by atoms with E-state index in [2.05, 4.69) is 5.32 Å². The fourth-order valence-corrected chi connectivity index (χ4v) is 4.37. The van der Waals surface area contributed by atoms with E-state index in [1.807, 2.05) is 0 Å². The Morgan fingerprint density at radius 1 is 1.14 bits per heavy atom. The van der Waals surface area contributed by atoms with Gasteiger partial charge in [-0.3, -0.25) is 9.59 Å². The zero-order chi connectivity index (χ0) is 20.1. The number of amides is 1. The van der Waals surface area contributed by atoms with E-state index < -0.39 is 15.9 Å². The average molecular weight is 404 g/mol. The minimum Gasteiger partial charge on any atom is -0.486 e. The molecule has 148 valence electrons. The third-order valence-corrected chi connectivity index (χ3v) is 6.16. The number of rotatable bonds is 7. The van der Waals surface area contributed by atoms with Gasteiger partial charge in [0, 0.05) is 23.9 Å². The molecule has 3 rings (SSSR count). The topological polar surface area (TPSA) is 102 Å². The highest BCUT2D eigenvalue weighted by Crippen LogP contribution is 2.32. The molecule has 1 amide bonds. The average Bonchev–Trinajstić information content (AvgIpc) is 2.71. The number of nitrogens with one attached hydrogen (secondary N) is 1. The molecular formula is C19H20N2O6S. The number of ether oxygens (including phenoxy) is 2. The minimum atomic E-state index is -4.00. The molecule has 0 radical (unpaired) electrons. The fourth-order valence-electron chi connectivity index (χ4n) is 2.80. The number of fused-ring (bicyclic) bond motifs is 1. The number of carbonyl (C=O) groups is 2. The lowest BCUT2D eigenvalue weighted by Gasteiger charge is -2.21. The van der Waals surface area contributed by atoms with Crippen LogP contribution in [0.1, 0.15) is 17.3 Å². The predicted molar refractivity (Wildman–Crippen MR) is 102 cm³/mol. The van der Waals surface area contributed by atoms with E-state index in [9.17, 15) is 18.0 Å². The standard InChI is InChI=1S/C19H20N2O6S/c1-2-21(28(24,25)18-6-4-3-5-14(18)13-22)12-19(23)20-15-7-8-16-17(11-15)27-10-9-26-16/h3-8,11,13H,2,9-10,12H2,1H3,(H,20,23). The van der Waals surface area contributed by atoms with Crippen molar-refractivity contribution in [1.82, 2.24) is 4.31 Å². The smallest absolute Gasteiger partial charge is 0.244 e. The van der Waals surface area contributed by atoms with Gasteiger partial charge in [0.05, 0.1) is 11.4 Å². The lowest BCUT2D eigenvalue weighted by molar-refractivity contribution is -0.116. The van der Waals surface area contributed by atoms with E-state index in [0.717, 1.165) is 4.31 Å². The second-order valence-corrected chi connectivity index (χ2v) is 7.90. The molecule has 1 aliphatic heterocycles. The molecule has 2 aromatic carbocycles. The molecule has 0 aliphatic carbocycles. The zero-order valence-electron chi connectivity index (χ0n) is 15.3. The largest absolute Gasteiger partial charge is 0.486 e. The van der Waals surface area contributed by atoms with Crippen LogP contribution in [-0.2, 0) is 14.8 Å². The normalized spacial score (nSPS) is 13.2. The summed E-state index contributed by atoms with van der Waals surface area (Å²) in [5.74, 6) is 0.599. The van der Waals surface area contributed by atoms with Crippen LogP contribution in [0.5, 0.6) is 11.5 Å². The Bertz CT molecular complexity index is 990. The van der Waals surface area contributed by atoms with Gasteiger partial charge in [0.15, 0.2) is 17.8 Å². The molecule has 9 heteroatoms. The first-order valence-corrected chi connectivity index (χ1v) is 10.1. The maximum Gasteiger partial charge on any atom is 0.244 e. The Hall–Kier alpha value is -2.91. The molecule has 28 heavy (non-hydrogen) atoms. The number of likely N-dealkylation sites (N-methyl/N-ethyl adjacent to an activating group) is 1. The molecule has 0 bridgehead atoms. The van der Waals surface area contributed by atoms with Gasteiger partial charge in [-0.1, -0.05) is 25.1 Å². The molecule has 0 atom stereocenters. The van der Waals surface area contributed by atoms with E-state index >= 15 is 0 Å². The van der Waals surface area contributed by atoms with Crippen LogP contribution in [0.3, 0.4) is 0 Å². The SMILES string of the molecule is CCN(CC(=O)Nc1ccc2c(c1)OCCO2)S(=O)(=O)c1ccccc1C=O. The Kier molecular flexibility index (Phi) is 5.96. The van der Waals surface area contributed by atoms with Gasteiger partial charge >= 0.3 is 0 Å². The van der Waals surface area contributed by atoms with E-state index in [4.69, 9.17) is 9.47 Å².